The molecule has 0 aliphatic heterocycles. The van der Waals surface area contributed by atoms with Crippen molar-refractivity contribution in [2.24, 2.45) is 11.8 Å². The topological polar surface area (TPSA) is 40.9 Å². The molecule has 0 aromatic heterocycles. The zero-order valence-electron chi connectivity index (χ0n) is 5.09. The Kier molecular flexibility index (Phi) is 2.86. The van der Waals surface area contributed by atoms with Crippen molar-refractivity contribution < 1.29 is 4.79 Å². The van der Waals surface area contributed by atoms with E-state index in [1.54, 1.807) is 0 Å². The van der Waals surface area contributed by atoms with Gasteiger partial charge in [0.05, 0.1) is 6.07 Å². The number of hydrogen-bond donors (Lipinski definition) is 0. The first kappa shape index (κ1) is 7.16. The first-order valence-corrected chi connectivity index (χ1v) is 2.57. The highest BCUT2D eigenvalue weighted by atomic mass is 16.1. The second-order valence-corrected chi connectivity index (χ2v) is 2.03. The van der Waals surface area contributed by atoms with Crippen molar-refractivity contribution in [1.82, 2.24) is 0 Å². The number of rotatable bonds is 2. The van der Waals surface area contributed by atoms with Crippen LogP contribution in [0.4, 0.5) is 0 Å². The SMILES string of the molecule is CC(C)[C@H](C#N)C=O. The monoisotopic (exact) mass is 111 g/mol. The quantitative estimate of drug-likeness (QED) is 0.498. The summed E-state index contributed by atoms with van der Waals surface area (Å²) in [5, 5.41) is 8.22. The molecule has 0 aromatic carbocycles. The molecule has 0 heterocycles. The van der Waals surface area contributed by atoms with Crippen molar-refractivity contribution in [2.75, 3.05) is 0 Å². The van der Waals surface area contributed by atoms with Gasteiger partial charge in [0.2, 0.25) is 0 Å². The van der Waals surface area contributed by atoms with Gasteiger partial charge in [0, 0.05) is 0 Å². The molecule has 0 unspecified atom stereocenters. The Bertz CT molecular complexity index is 112. The molecule has 0 rings (SSSR count). The molecule has 8 heavy (non-hydrogen) atoms. The lowest BCUT2D eigenvalue weighted by atomic mass is 10.00. The lowest BCUT2D eigenvalue weighted by Gasteiger charge is -2.01. The number of aldehydes is 1. The van der Waals surface area contributed by atoms with Gasteiger partial charge in [-0.05, 0) is 5.92 Å². The molecule has 0 bridgehead atoms. The number of nitrogens with zero attached hydrogens (tertiary/aromatic N) is 1. The van der Waals surface area contributed by atoms with Crippen LogP contribution < -0.4 is 0 Å². The predicted octanol–water partition coefficient (Wildman–Crippen LogP) is 0.981. The summed E-state index contributed by atoms with van der Waals surface area (Å²) in [5.74, 6) is -0.271. The zero-order chi connectivity index (χ0) is 6.57. The summed E-state index contributed by atoms with van der Waals surface area (Å²) in [5.41, 5.74) is 0. The molecule has 0 fully saturated rings. The van der Waals surface area contributed by atoms with E-state index in [1.807, 2.05) is 19.9 Å². The van der Waals surface area contributed by atoms with Gasteiger partial charge in [0.1, 0.15) is 12.2 Å². The summed E-state index contributed by atoms with van der Waals surface area (Å²) in [4.78, 5) is 9.96. The molecular formula is C6H9NO. The average molecular weight is 111 g/mol. The molecule has 44 valence electrons. The Balaban J connectivity index is 3.74. The Morgan fingerprint density at radius 3 is 2.12 bits per heavy atom. The van der Waals surface area contributed by atoms with E-state index < -0.39 is 5.92 Å². The number of carbonyl (C=O) groups excluding carboxylic acids is 1. The third-order valence-electron chi connectivity index (χ3n) is 1.01. The number of carbonyl (C=O) groups is 1. The van der Waals surface area contributed by atoms with Crippen molar-refractivity contribution in [2.45, 2.75) is 13.8 Å². The van der Waals surface area contributed by atoms with E-state index in [2.05, 4.69) is 0 Å². The normalized spacial score (nSPS) is 12.8. The van der Waals surface area contributed by atoms with Crippen LogP contribution in [0.15, 0.2) is 0 Å². The number of nitriles is 1. The molecule has 0 aliphatic rings. The van der Waals surface area contributed by atoms with E-state index >= 15 is 0 Å². The third kappa shape index (κ3) is 1.74. The molecule has 0 aliphatic carbocycles. The molecule has 0 saturated carbocycles. The van der Waals surface area contributed by atoms with Gasteiger partial charge in [-0.1, -0.05) is 13.8 Å². The largest absolute Gasteiger partial charge is 0.302 e. The molecule has 0 spiro atoms. The summed E-state index contributed by atoms with van der Waals surface area (Å²) >= 11 is 0. The lowest BCUT2D eigenvalue weighted by molar-refractivity contribution is -0.110. The van der Waals surface area contributed by atoms with Gasteiger partial charge in [0.15, 0.2) is 0 Å². The van der Waals surface area contributed by atoms with E-state index in [-0.39, 0.29) is 5.92 Å². The van der Waals surface area contributed by atoms with Crippen LogP contribution in [-0.4, -0.2) is 6.29 Å². The lowest BCUT2D eigenvalue weighted by Crippen LogP contribution is -2.06. The highest BCUT2D eigenvalue weighted by molar-refractivity contribution is 5.57. The van der Waals surface area contributed by atoms with E-state index in [0.29, 0.717) is 6.29 Å². The highest BCUT2D eigenvalue weighted by Crippen LogP contribution is 2.04. The van der Waals surface area contributed by atoms with Crippen molar-refractivity contribution in [3.63, 3.8) is 0 Å². The fraction of sp³-hybridized carbons (Fsp3) is 0.667. The second kappa shape index (κ2) is 3.20. The average Bonchev–Trinajstić information content (AvgIpc) is 1.69. The Labute approximate surface area is 49.1 Å². The van der Waals surface area contributed by atoms with Crippen LogP contribution in [0.5, 0.6) is 0 Å². The maximum atomic E-state index is 9.96. The van der Waals surface area contributed by atoms with Gasteiger partial charge in [-0.25, -0.2) is 0 Å². The van der Waals surface area contributed by atoms with Gasteiger partial charge in [-0.2, -0.15) is 5.26 Å². The van der Waals surface area contributed by atoms with Crippen molar-refractivity contribution in [1.29, 1.82) is 5.26 Å². The smallest absolute Gasteiger partial charge is 0.137 e. The Hall–Kier alpha value is -0.840. The summed E-state index contributed by atoms with van der Waals surface area (Å²) < 4.78 is 0. The number of hydrogen-bond acceptors (Lipinski definition) is 2. The maximum Gasteiger partial charge on any atom is 0.137 e. The molecule has 0 aromatic rings. The highest BCUT2D eigenvalue weighted by Gasteiger charge is 2.08. The summed E-state index contributed by atoms with van der Waals surface area (Å²) in [7, 11) is 0. The van der Waals surface area contributed by atoms with Gasteiger partial charge in [-0.15, -0.1) is 0 Å². The van der Waals surface area contributed by atoms with Gasteiger partial charge >= 0.3 is 0 Å². The fourth-order valence-electron chi connectivity index (χ4n) is 0.337. The van der Waals surface area contributed by atoms with E-state index in [0.717, 1.165) is 0 Å². The minimum absolute atomic E-state index is 0.150. The van der Waals surface area contributed by atoms with Gasteiger partial charge < -0.3 is 4.79 Å². The van der Waals surface area contributed by atoms with Crippen LogP contribution in [-0.2, 0) is 4.79 Å². The molecule has 2 nitrogen and oxygen atoms in total. The first-order valence-electron chi connectivity index (χ1n) is 2.57. The molecule has 0 radical (unpaired) electrons. The fourth-order valence-corrected chi connectivity index (χ4v) is 0.337. The van der Waals surface area contributed by atoms with E-state index in [4.69, 9.17) is 5.26 Å². The molecule has 1 atom stereocenters. The van der Waals surface area contributed by atoms with E-state index in [1.165, 1.54) is 0 Å². The van der Waals surface area contributed by atoms with Crippen molar-refractivity contribution in [3.05, 3.63) is 0 Å². The summed E-state index contributed by atoms with van der Waals surface area (Å²) in [6.07, 6.45) is 0.685. The maximum absolute atomic E-state index is 9.96. The van der Waals surface area contributed by atoms with Crippen LogP contribution in [0.2, 0.25) is 0 Å². The summed E-state index contributed by atoms with van der Waals surface area (Å²) in [6.45, 7) is 3.70. The van der Waals surface area contributed by atoms with Crippen LogP contribution in [0.25, 0.3) is 0 Å². The van der Waals surface area contributed by atoms with Crippen LogP contribution in [0.1, 0.15) is 13.8 Å². The molecule has 0 amide bonds. The van der Waals surface area contributed by atoms with Gasteiger partial charge in [-0.3, -0.25) is 0 Å². The third-order valence-corrected chi connectivity index (χ3v) is 1.01. The first-order chi connectivity index (χ1) is 3.72. The molecule has 2 heteroatoms. The van der Waals surface area contributed by atoms with Crippen molar-refractivity contribution >= 4 is 6.29 Å². The Morgan fingerprint density at radius 2 is 2.12 bits per heavy atom. The molecular weight excluding hydrogens is 102 g/mol. The minimum atomic E-state index is -0.421. The van der Waals surface area contributed by atoms with Crippen LogP contribution in [0.3, 0.4) is 0 Å². The second-order valence-electron chi connectivity index (χ2n) is 2.03. The zero-order valence-corrected chi connectivity index (χ0v) is 5.09. The van der Waals surface area contributed by atoms with E-state index in [9.17, 15) is 4.79 Å². The Morgan fingerprint density at radius 1 is 1.62 bits per heavy atom. The van der Waals surface area contributed by atoms with Gasteiger partial charge in [0.25, 0.3) is 0 Å². The molecule has 0 N–H and O–H groups in total. The van der Waals surface area contributed by atoms with Crippen LogP contribution in [0, 0.1) is 23.2 Å². The molecule has 0 saturated heterocycles. The summed E-state index contributed by atoms with van der Waals surface area (Å²) in [6, 6.07) is 1.88. The standard InChI is InChI=1S/C6H9NO/c1-5(2)6(3-7)4-8/h4-6H,1-2H3/t6-/m1/s1. The minimum Gasteiger partial charge on any atom is -0.302 e. The predicted molar refractivity (Wildman–Crippen MR) is 30.0 cm³/mol. The van der Waals surface area contributed by atoms with Crippen LogP contribution >= 0.6 is 0 Å². The van der Waals surface area contributed by atoms with Crippen molar-refractivity contribution in [3.8, 4) is 6.07 Å².